The van der Waals surface area contributed by atoms with Crippen LogP contribution >= 0.6 is 0 Å². The minimum atomic E-state index is -3.97. The summed E-state index contributed by atoms with van der Waals surface area (Å²) in [7, 11) is -7.91. The molecule has 2 atom stereocenters. The van der Waals surface area contributed by atoms with Crippen LogP contribution in [0.3, 0.4) is 0 Å². The molecule has 0 radical (unpaired) electrons. The maximum absolute atomic E-state index is 12.5. The van der Waals surface area contributed by atoms with Crippen LogP contribution in [0, 0.1) is 0 Å². The molecule has 1 aromatic heterocycles. The van der Waals surface area contributed by atoms with E-state index in [2.05, 4.69) is 14.4 Å². The third-order valence-corrected chi connectivity index (χ3v) is 6.99. The maximum atomic E-state index is 12.5. The van der Waals surface area contributed by atoms with Crippen LogP contribution in [0.25, 0.3) is 0 Å². The van der Waals surface area contributed by atoms with Crippen molar-refractivity contribution in [2.75, 3.05) is 4.72 Å². The zero-order valence-corrected chi connectivity index (χ0v) is 15.4. The lowest BCUT2D eigenvalue weighted by Gasteiger charge is -2.17. The molecule has 1 aliphatic carbocycles. The molecule has 0 bridgehead atoms. The standard InChI is InChI=1S/C16H19N3O5S2/c20-16-8-2-7-15(16)19-26(23,24)14-6-1-5-13(10-14)25(21,22)18-12-4-3-9-17-11-12/h1,3-6,9-11,15-16,18-20H,2,7-8H2/t15-,16-/m1/s1. The molecule has 3 N–H and O–H groups in total. The summed E-state index contributed by atoms with van der Waals surface area (Å²) in [5.41, 5.74) is 0.271. The van der Waals surface area contributed by atoms with E-state index in [-0.39, 0.29) is 15.5 Å². The Bertz CT molecular complexity index is 978. The Morgan fingerprint density at radius 1 is 1.00 bits per heavy atom. The van der Waals surface area contributed by atoms with Crippen molar-refractivity contribution >= 4 is 25.7 Å². The van der Waals surface area contributed by atoms with E-state index in [0.717, 1.165) is 12.5 Å². The van der Waals surface area contributed by atoms with Gasteiger partial charge in [-0.05, 0) is 49.6 Å². The summed E-state index contributed by atoms with van der Waals surface area (Å²) in [5, 5.41) is 9.81. The molecular weight excluding hydrogens is 378 g/mol. The first-order valence-corrected chi connectivity index (χ1v) is 11.0. The van der Waals surface area contributed by atoms with Gasteiger partial charge >= 0.3 is 0 Å². The normalized spacial score (nSPS) is 20.8. The largest absolute Gasteiger partial charge is 0.391 e. The molecule has 3 rings (SSSR count). The fourth-order valence-electron chi connectivity index (χ4n) is 2.79. The van der Waals surface area contributed by atoms with Gasteiger partial charge in [0.25, 0.3) is 10.0 Å². The summed E-state index contributed by atoms with van der Waals surface area (Å²) in [6.07, 6.45) is 3.94. The molecule has 2 aromatic rings. The van der Waals surface area contributed by atoms with E-state index in [1.165, 1.54) is 36.7 Å². The molecule has 0 aliphatic heterocycles. The fourth-order valence-corrected chi connectivity index (χ4v) is 5.30. The van der Waals surface area contributed by atoms with Crippen molar-refractivity contribution in [3.05, 3.63) is 48.8 Å². The van der Waals surface area contributed by atoms with Crippen molar-refractivity contribution < 1.29 is 21.9 Å². The number of nitrogens with zero attached hydrogens (tertiary/aromatic N) is 1. The van der Waals surface area contributed by atoms with E-state index in [4.69, 9.17) is 0 Å². The van der Waals surface area contributed by atoms with Gasteiger partial charge in [-0.25, -0.2) is 21.6 Å². The van der Waals surface area contributed by atoms with Crippen LogP contribution in [0.4, 0.5) is 5.69 Å². The number of pyridine rings is 1. The van der Waals surface area contributed by atoms with Crippen molar-refractivity contribution in [1.82, 2.24) is 9.71 Å². The molecule has 10 heteroatoms. The third-order valence-electron chi connectivity index (χ3n) is 4.13. The highest BCUT2D eigenvalue weighted by Gasteiger charge is 2.30. The molecule has 0 amide bonds. The Hall–Kier alpha value is -2.01. The van der Waals surface area contributed by atoms with Crippen molar-refractivity contribution in [3.63, 3.8) is 0 Å². The van der Waals surface area contributed by atoms with E-state index in [1.807, 2.05) is 0 Å². The number of hydrogen-bond donors (Lipinski definition) is 3. The Morgan fingerprint density at radius 2 is 1.73 bits per heavy atom. The van der Waals surface area contributed by atoms with E-state index in [1.54, 1.807) is 6.07 Å². The van der Waals surface area contributed by atoms with E-state index < -0.39 is 32.2 Å². The Balaban J connectivity index is 1.85. The monoisotopic (exact) mass is 397 g/mol. The number of nitrogens with one attached hydrogen (secondary N) is 2. The van der Waals surface area contributed by atoms with E-state index in [0.29, 0.717) is 12.8 Å². The van der Waals surface area contributed by atoms with Gasteiger partial charge in [0.05, 0.1) is 27.8 Å². The second kappa shape index (κ2) is 7.31. The predicted octanol–water partition coefficient (Wildman–Crippen LogP) is 1.07. The fraction of sp³-hybridized carbons (Fsp3) is 0.312. The zero-order valence-electron chi connectivity index (χ0n) is 13.7. The summed E-state index contributed by atoms with van der Waals surface area (Å²) in [4.78, 5) is 3.47. The molecule has 1 aromatic carbocycles. The number of sulfonamides is 2. The van der Waals surface area contributed by atoms with Gasteiger partial charge in [-0.15, -0.1) is 0 Å². The van der Waals surface area contributed by atoms with Gasteiger partial charge < -0.3 is 5.11 Å². The number of benzene rings is 1. The first kappa shape index (κ1) is 18.8. The van der Waals surface area contributed by atoms with Gasteiger partial charge in [0.1, 0.15) is 0 Å². The summed E-state index contributed by atoms with van der Waals surface area (Å²) < 4.78 is 54.8. The van der Waals surface area contributed by atoms with Crippen molar-refractivity contribution in [2.45, 2.75) is 41.2 Å². The molecule has 26 heavy (non-hydrogen) atoms. The molecule has 1 aliphatic rings. The average Bonchev–Trinajstić information content (AvgIpc) is 3.00. The van der Waals surface area contributed by atoms with Gasteiger partial charge in [0.2, 0.25) is 10.0 Å². The second-order valence-corrected chi connectivity index (χ2v) is 9.44. The number of aromatic nitrogens is 1. The highest BCUT2D eigenvalue weighted by atomic mass is 32.2. The van der Waals surface area contributed by atoms with Gasteiger partial charge in [-0.2, -0.15) is 0 Å². The first-order valence-electron chi connectivity index (χ1n) is 8.01. The number of rotatable bonds is 6. The van der Waals surface area contributed by atoms with Crippen LogP contribution in [0.5, 0.6) is 0 Å². The molecule has 8 nitrogen and oxygen atoms in total. The second-order valence-electron chi connectivity index (χ2n) is 6.05. The van der Waals surface area contributed by atoms with Crippen LogP contribution in [-0.4, -0.2) is 39.1 Å². The van der Waals surface area contributed by atoms with Gasteiger partial charge in [0, 0.05) is 12.2 Å². The Kier molecular flexibility index (Phi) is 5.28. The van der Waals surface area contributed by atoms with Crippen molar-refractivity contribution in [1.29, 1.82) is 0 Å². The zero-order chi connectivity index (χ0) is 18.8. The lowest BCUT2D eigenvalue weighted by molar-refractivity contribution is 0.159. The smallest absolute Gasteiger partial charge is 0.261 e. The van der Waals surface area contributed by atoms with Crippen LogP contribution in [0.1, 0.15) is 19.3 Å². The quantitative estimate of drug-likeness (QED) is 0.670. The van der Waals surface area contributed by atoms with Crippen molar-refractivity contribution in [3.8, 4) is 0 Å². The van der Waals surface area contributed by atoms with E-state index in [9.17, 15) is 21.9 Å². The molecule has 0 spiro atoms. The summed E-state index contributed by atoms with van der Waals surface area (Å²) in [6, 6.07) is 7.62. The molecule has 1 heterocycles. The maximum Gasteiger partial charge on any atom is 0.261 e. The Labute approximate surface area is 152 Å². The lowest BCUT2D eigenvalue weighted by atomic mass is 10.2. The number of aliphatic hydroxyl groups excluding tert-OH is 1. The van der Waals surface area contributed by atoms with Crippen LogP contribution in [-0.2, 0) is 20.0 Å². The third kappa shape index (κ3) is 4.21. The van der Waals surface area contributed by atoms with Crippen LogP contribution in [0.15, 0.2) is 58.6 Å². The molecular formula is C16H19N3O5S2. The topological polar surface area (TPSA) is 125 Å². The summed E-state index contributed by atoms with van der Waals surface area (Å²) in [6.45, 7) is 0. The highest BCUT2D eigenvalue weighted by Crippen LogP contribution is 2.23. The van der Waals surface area contributed by atoms with Gasteiger partial charge in [-0.1, -0.05) is 6.07 Å². The van der Waals surface area contributed by atoms with Gasteiger partial charge in [-0.3, -0.25) is 9.71 Å². The average molecular weight is 397 g/mol. The lowest BCUT2D eigenvalue weighted by Crippen LogP contribution is -2.39. The molecule has 1 fully saturated rings. The SMILES string of the molecule is O=S(=O)(Nc1cccnc1)c1cccc(S(=O)(=O)N[C@@H]2CCC[C@H]2O)c1. The first-order chi connectivity index (χ1) is 12.3. The van der Waals surface area contributed by atoms with Crippen LogP contribution in [0.2, 0.25) is 0 Å². The van der Waals surface area contributed by atoms with Gasteiger partial charge in [0.15, 0.2) is 0 Å². The molecule has 1 saturated carbocycles. The summed E-state index contributed by atoms with van der Waals surface area (Å²) >= 11 is 0. The number of aliphatic hydroxyl groups is 1. The minimum Gasteiger partial charge on any atom is -0.391 e. The predicted molar refractivity (Wildman–Crippen MR) is 95.5 cm³/mol. The number of anilines is 1. The molecule has 140 valence electrons. The molecule has 0 unspecified atom stereocenters. The van der Waals surface area contributed by atoms with Crippen molar-refractivity contribution in [2.24, 2.45) is 0 Å². The van der Waals surface area contributed by atoms with Crippen LogP contribution < -0.4 is 9.44 Å². The van der Waals surface area contributed by atoms with E-state index >= 15 is 0 Å². The Morgan fingerprint density at radius 3 is 2.35 bits per heavy atom. The number of hydrogen-bond acceptors (Lipinski definition) is 6. The molecule has 0 saturated heterocycles. The summed E-state index contributed by atoms with van der Waals surface area (Å²) in [5.74, 6) is 0. The highest BCUT2D eigenvalue weighted by molar-refractivity contribution is 7.93. The minimum absolute atomic E-state index is 0.175.